The first kappa shape index (κ1) is 14.3. The van der Waals surface area contributed by atoms with Crippen LogP contribution in [0.25, 0.3) is 10.9 Å². The van der Waals surface area contributed by atoms with Crippen LogP contribution < -0.4 is 5.32 Å². The molecule has 3 aromatic rings. The predicted octanol–water partition coefficient (Wildman–Crippen LogP) is 2.63. The number of hydrogen-bond acceptors (Lipinski definition) is 3. The maximum atomic E-state index is 12.1. The Morgan fingerprint density at radius 2 is 2.00 bits per heavy atom. The average molecular weight is 294 g/mol. The van der Waals surface area contributed by atoms with Gasteiger partial charge in [-0.3, -0.25) is 14.8 Å². The minimum Gasteiger partial charge on any atom is -0.325 e. The van der Waals surface area contributed by atoms with Gasteiger partial charge in [-0.15, -0.1) is 0 Å². The SMILES string of the molecule is CN(CC(=O)Nc1ccccc1)Cc1cccc2cn[nH]c12. The van der Waals surface area contributed by atoms with Crippen molar-refractivity contribution in [3.05, 3.63) is 60.3 Å². The number of nitrogens with one attached hydrogen (secondary N) is 2. The van der Waals surface area contributed by atoms with Crippen molar-refractivity contribution in [3.8, 4) is 0 Å². The van der Waals surface area contributed by atoms with Crippen molar-refractivity contribution in [2.24, 2.45) is 0 Å². The Balaban J connectivity index is 1.61. The molecule has 5 heteroatoms. The minimum absolute atomic E-state index is 0.0227. The molecular weight excluding hydrogens is 276 g/mol. The summed E-state index contributed by atoms with van der Waals surface area (Å²) in [6.07, 6.45) is 1.81. The van der Waals surface area contributed by atoms with E-state index in [-0.39, 0.29) is 5.91 Å². The zero-order chi connectivity index (χ0) is 15.4. The standard InChI is InChI=1S/C17H18N4O/c1-21(12-16(22)19-15-8-3-2-4-9-15)11-14-7-5-6-13-10-18-20-17(13)14/h2-10H,11-12H2,1H3,(H,18,20)(H,19,22). The number of nitrogens with zero attached hydrogens (tertiary/aromatic N) is 2. The molecule has 1 amide bonds. The largest absolute Gasteiger partial charge is 0.325 e. The Labute approximate surface area is 128 Å². The van der Waals surface area contributed by atoms with Crippen LogP contribution >= 0.6 is 0 Å². The van der Waals surface area contributed by atoms with E-state index in [1.54, 1.807) is 6.20 Å². The van der Waals surface area contributed by atoms with E-state index >= 15 is 0 Å². The molecule has 0 bridgehead atoms. The summed E-state index contributed by atoms with van der Waals surface area (Å²) in [6.45, 7) is 1.02. The number of para-hydroxylation sites is 2. The summed E-state index contributed by atoms with van der Waals surface area (Å²) in [7, 11) is 1.93. The molecule has 2 N–H and O–H groups in total. The lowest BCUT2D eigenvalue weighted by Gasteiger charge is -2.16. The fourth-order valence-corrected chi connectivity index (χ4v) is 2.48. The van der Waals surface area contributed by atoms with Gasteiger partial charge < -0.3 is 5.32 Å². The normalized spacial score (nSPS) is 11.0. The van der Waals surface area contributed by atoms with Gasteiger partial charge in [0.1, 0.15) is 0 Å². The molecule has 0 aliphatic rings. The van der Waals surface area contributed by atoms with E-state index in [1.165, 1.54) is 0 Å². The highest BCUT2D eigenvalue weighted by atomic mass is 16.2. The second-order valence-corrected chi connectivity index (χ2v) is 5.34. The second kappa shape index (κ2) is 6.41. The van der Waals surface area contributed by atoms with Crippen molar-refractivity contribution in [2.45, 2.75) is 6.54 Å². The second-order valence-electron chi connectivity index (χ2n) is 5.34. The Bertz CT molecular complexity index is 766. The first-order chi connectivity index (χ1) is 10.7. The third kappa shape index (κ3) is 3.32. The smallest absolute Gasteiger partial charge is 0.238 e. The van der Waals surface area contributed by atoms with Crippen molar-refractivity contribution < 1.29 is 4.79 Å². The van der Waals surface area contributed by atoms with Crippen LogP contribution in [-0.4, -0.2) is 34.6 Å². The summed E-state index contributed by atoms with van der Waals surface area (Å²) in [4.78, 5) is 14.0. The number of carbonyl (C=O) groups is 1. The maximum Gasteiger partial charge on any atom is 0.238 e. The van der Waals surface area contributed by atoms with Crippen LogP contribution in [0.15, 0.2) is 54.7 Å². The van der Waals surface area contributed by atoms with Crippen LogP contribution in [0.5, 0.6) is 0 Å². The highest BCUT2D eigenvalue weighted by Gasteiger charge is 2.10. The van der Waals surface area contributed by atoms with Crippen molar-refractivity contribution in [3.63, 3.8) is 0 Å². The van der Waals surface area contributed by atoms with Gasteiger partial charge in [0, 0.05) is 17.6 Å². The number of amides is 1. The molecule has 0 spiro atoms. The van der Waals surface area contributed by atoms with Crippen LogP contribution in [-0.2, 0) is 11.3 Å². The first-order valence-corrected chi connectivity index (χ1v) is 7.17. The van der Waals surface area contributed by atoms with Crippen LogP contribution in [0.3, 0.4) is 0 Å². The van der Waals surface area contributed by atoms with E-state index < -0.39 is 0 Å². The van der Waals surface area contributed by atoms with E-state index in [4.69, 9.17) is 0 Å². The number of rotatable bonds is 5. The molecule has 0 aliphatic heterocycles. The van der Waals surface area contributed by atoms with E-state index in [0.29, 0.717) is 13.1 Å². The Morgan fingerprint density at radius 3 is 2.82 bits per heavy atom. The van der Waals surface area contributed by atoms with Gasteiger partial charge in [-0.25, -0.2) is 0 Å². The number of carbonyl (C=O) groups excluding carboxylic acids is 1. The number of fused-ring (bicyclic) bond motifs is 1. The molecule has 0 radical (unpaired) electrons. The molecule has 0 fully saturated rings. The summed E-state index contributed by atoms with van der Waals surface area (Å²) in [5, 5.41) is 11.0. The number of benzene rings is 2. The highest BCUT2D eigenvalue weighted by molar-refractivity contribution is 5.92. The zero-order valence-electron chi connectivity index (χ0n) is 12.4. The Morgan fingerprint density at radius 1 is 1.18 bits per heavy atom. The third-order valence-corrected chi connectivity index (χ3v) is 3.47. The molecule has 0 atom stereocenters. The van der Waals surface area contributed by atoms with Crippen LogP contribution in [0.1, 0.15) is 5.56 Å². The summed E-state index contributed by atoms with van der Waals surface area (Å²) in [5.74, 6) is -0.0227. The number of likely N-dealkylation sites (N-methyl/N-ethyl adjacent to an activating group) is 1. The van der Waals surface area contributed by atoms with Crippen LogP contribution in [0, 0.1) is 0 Å². The van der Waals surface area contributed by atoms with E-state index in [0.717, 1.165) is 22.2 Å². The zero-order valence-corrected chi connectivity index (χ0v) is 12.4. The molecule has 1 heterocycles. The molecule has 22 heavy (non-hydrogen) atoms. The van der Waals surface area contributed by atoms with Gasteiger partial charge in [-0.05, 0) is 24.7 Å². The average Bonchev–Trinajstić information content (AvgIpc) is 2.97. The number of anilines is 1. The van der Waals surface area contributed by atoms with Crippen molar-refractivity contribution in [1.82, 2.24) is 15.1 Å². The summed E-state index contributed by atoms with van der Waals surface area (Å²) < 4.78 is 0. The summed E-state index contributed by atoms with van der Waals surface area (Å²) >= 11 is 0. The Hall–Kier alpha value is -2.66. The summed E-state index contributed by atoms with van der Waals surface area (Å²) in [6, 6.07) is 15.6. The van der Waals surface area contributed by atoms with Crippen molar-refractivity contribution >= 4 is 22.5 Å². The van der Waals surface area contributed by atoms with Gasteiger partial charge in [-0.2, -0.15) is 5.10 Å². The fraction of sp³-hybridized carbons (Fsp3) is 0.176. The van der Waals surface area contributed by atoms with E-state index in [1.807, 2.05) is 60.5 Å². The lowest BCUT2D eigenvalue weighted by Crippen LogP contribution is -2.29. The van der Waals surface area contributed by atoms with Gasteiger partial charge >= 0.3 is 0 Å². The van der Waals surface area contributed by atoms with Gasteiger partial charge in [0.15, 0.2) is 0 Å². The fourth-order valence-electron chi connectivity index (χ4n) is 2.48. The molecule has 0 aliphatic carbocycles. The molecule has 0 saturated heterocycles. The lowest BCUT2D eigenvalue weighted by molar-refractivity contribution is -0.117. The van der Waals surface area contributed by atoms with Gasteiger partial charge in [-0.1, -0.05) is 36.4 Å². The number of H-pyrrole nitrogens is 1. The van der Waals surface area contributed by atoms with Crippen LogP contribution in [0.4, 0.5) is 5.69 Å². The molecule has 1 aromatic heterocycles. The quantitative estimate of drug-likeness (QED) is 0.760. The number of aromatic nitrogens is 2. The molecular formula is C17H18N4O. The van der Waals surface area contributed by atoms with E-state index in [9.17, 15) is 4.79 Å². The van der Waals surface area contributed by atoms with E-state index in [2.05, 4.69) is 15.5 Å². The topological polar surface area (TPSA) is 61.0 Å². The maximum absolute atomic E-state index is 12.1. The highest BCUT2D eigenvalue weighted by Crippen LogP contribution is 2.16. The molecule has 0 saturated carbocycles. The van der Waals surface area contributed by atoms with Gasteiger partial charge in [0.05, 0.1) is 18.3 Å². The molecule has 3 rings (SSSR count). The Kier molecular flexibility index (Phi) is 4.16. The predicted molar refractivity (Wildman–Crippen MR) is 87.5 cm³/mol. The molecule has 112 valence electrons. The van der Waals surface area contributed by atoms with Crippen molar-refractivity contribution in [1.29, 1.82) is 0 Å². The van der Waals surface area contributed by atoms with Gasteiger partial charge in [0.2, 0.25) is 5.91 Å². The van der Waals surface area contributed by atoms with Crippen LogP contribution in [0.2, 0.25) is 0 Å². The molecule has 0 unspecified atom stereocenters. The first-order valence-electron chi connectivity index (χ1n) is 7.17. The number of hydrogen-bond donors (Lipinski definition) is 2. The monoisotopic (exact) mass is 294 g/mol. The number of aromatic amines is 1. The lowest BCUT2D eigenvalue weighted by atomic mass is 10.1. The van der Waals surface area contributed by atoms with Gasteiger partial charge in [0.25, 0.3) is 0 Å². The van der Waals surface area contributed by atoms with Crippen molar-refractivity contribution in [2.75, 3.05) is 18.9 Å². The third-order valence-electron chi connectivity index (χ3n) is 3.47. The molecule has 5 nitrogen and oxygen atoms in total. The minimum atomic E-state index is -0.0227. The molecule has 2 aromatic carbocycles. The summed E-state index contributed by atoms with van der Waals surface area (Å²) in [5.41, 5.74) is 2.97.